The number of halogens is 1. The van der Waals surface area contributed by atoms with Gasteiger partial charge in [-0.15, -0.1) is 0 Å². The number of hydrogen-bond donors (Lipinski definition) is 3. The quantitative estimate of drug-likeness (QED) is 0.611. The lowest BCUT2D eigenvalue weighted by Crippen LogP contribution is -2.42. The van der Waals surface area contributed by atoms with Gasteiger partial charge in [0.2, 0.25) is 0 Å². The number of nitrogens with one attached hydrogen (secondary N) is 3. The zero-order valence-corrected chi connectivity index (χ0v) is 14.8. The summed E-state index contributed by atoms with van der Waals surface area (Å²) in [5, 5.41) is 3.31. The monoisotopic (exact) mass is 373 g/mol. The van der Waals surface area contributed by atoms with Crippen LogP contribution >= 0.6 is 11.6 Å². The lowest BCUT2D eigenvalue weighted by Gasteiger charge is -2.25. The van der Waals surface area contributed by atoms with Crippen molar-refractivity contribution in [1.82, 2.24) is 9.97 Å². The van der Waals surface area contributed by atoms with E-state index in [1.165, 1.54) is 0 Å². The molecule has 0 aliphatic carbocycles. The molecule has 134 valence electrons. The minimum absolute atomic E-state index is 0.376. The van der Waals surface area contributed by atoms with Crippen LogP contribution in [-0.4, -0.2) is 21.5 Å². The highest BCUT2D eigenvalue weighted by molar-refractivity contribution is 6.30. The Balaban J connectivity index is 1.80. The number of ether oxygens (including phenoxy) is 1. The Morgan fingerprint density at radius 2 is 1.62 bits per heavy atom. The van der Waals surface area contributed by atoms with Crippen LogP contribution in [0.25, 0.3) is 11.0 Å². The Bertz CT molecular complexity index is 1080. The van der Waals surface area contributed by atoms with E-state index in [1.54, 1.807) is 56.3 Å². The van der Waals surface area contributed by atoms with Crippen LogP contribution in [0.4, 0.5) is 5.69 Å². The van der Waals surface area contributed by atoms with E-state index < -0.39 is 16.7 Å². The summed E-state index contributed by atoms with van der Waals surface area (Å²) in [4.78, 5) is 40.3. The zero-order valence-electron chi connectivity index (χ0n) is 14.1. The molecule has 0 aliphatic rings. The van der Waals surface area contributed by atoms with Crippen molar-refractivity contribution in [2.45, 2.75) is 19.4 Å². The average molecular weight is 374 g/mol. The zero-order chi connectivity index (χ0) is 18.9. The smallest absolute Gasteiger partial charge is 0.314 e. The molecule has 3 N–H and O–H groups in total. The Labute approximate surface area is 153 Å². The van der Waals surface area contributed by atoms with Crippen molar-refractivity contribution in [2.75, 3.05) is 5.32 Å². The van der Waals surface area contributed by atoms with Crippen LogP contribution in [0.15, 0.2) is 52.1 Å². The van der Waals surface area contributed by atoms with Crippen molar-refractivity contribution in [3.05, 3.63) is 68.2 Å². The van der Waals surface area contributed by atoms with Crippen molar-refractivity contribution in [3.8, 4) is 5.75 Å². The molecule has 0 aliphatic heterocycles. The van der Waals surface area contributed by atoms with Crippen molar-refractivity contribution in [3.63, 3.8) is 0 Å². The Kier molecular flexibility index (Phi) is 4.56. The predicted octanol–water partition coefficient (Wildman–Crippen LogP) is 2.67. The van der Waals surface area contributed by atoms with E-state index in [1.807, 2.05) is 0 Å². The Hall–Kier alpha value is -3.06. The third-order valence-electron chi connectivity index (χ3n) is 3.71. The molecule has 0 saturated carbocycles. The molecular formula is C18H16ClN3O4. The third kappa shape index (κ3) is 3.78. The normalized spacial score (nSPS) is 11.3. The summed E-state index contributed by atoms with van der Waals surface area (Å²) in [6.07, 6.45) is 0. The fraction of sp³-hybridized carbons (Fsp3) is 0.167. The molecule has 8 heteroatoms. The van der Waals surface area contributed by atoms with Crippen LogP contribution in [0.3, 0.4) is 0 Å². The van der Waals surface area contributed by atoms with Gasteiger partial charge in [-0.25, -0.2) is 0 Å². The first-order valence-electron chi connectivity index (χ1n) is 7.77. The van der Waals surface area contributed by atoms with Gasteiger partial charge in [0.1, 0.15) is 5.75 Å². The molecule has 0 bridgehead atoms. The Morgan fingerprint density at radius 1 is 1.00 bits per heavy atom. The van der Waals surface area contributed by atoms with Gasteiger partial charge < -0.3 is 20.0 Å². The van der Waals surface area contributed by atoms with Crippen molar-refractivity contribution < 1.29 is 9.53 Å². The molecule has 0 saturated heterocycles. The molecule has 1 aromatic heterocycles. The van der Waals surface area contributed by atoms with E-state index >= 15 is 0 Å². The van der Waals surface area contributed by atoms with Gasteiger partial charge in [0.15, 0.2) is 5.60 Å². The summed E-state index contributed by atoms with van der Waals surface area (Å²) >= 11 is 5.84. The second kappa shape index (κ2) is 6.68. The maximum atomic E-state index is 12.6. The predicted molar refractivity (Wildman–Crippen MR) is 100.0 cm³/mol. The SMILES string of the molecule is CC(C)(Oc1ccc(Cl)cc1)C(=O)Nc1ccc2[nH]c(=O)c(=O)[nH]c2c1. The molecule has 7 nitrogen and oxygen atoms in total. The van der Waals surface area contributed by atoms with Gasteiger partial charge in [0.25, 0.3) is 5.91 Å². The molecular weight excluding hydrogens is 358 g/mol. The highest BCUT2D eigenvalue weighted by atomic mass is 35.5. The van der Waals surface area contributed by atoms with Crippen LogP contribution in [0.1, 0.15) is 13.8 Å². The van der Waals surface area contributed by atoms with Gasteiger partial charge in [0.05, 0.1) is 11.0 Å². The van der Waals surface area contributed by atoms with Crippen LogP contribution in [-0.2, 0) is 4.79 Å². The van der Waals surface area contributed by atoms with Crippen LogP contribution in [0, 0.1) is 0 Å². The lowest BCUT2D eigenvalue weighted by molar-refractivity contribution is -0.128. The molecule has 1 heterocycles. The van der Waals surface area contributed by atoms with Gasteiger partial charge >= 0.3 is 11.1 Å². The number of rotatable bonds is 4. The van der Waals surface area contributed by atoms with Crippen LogP contribution in [0.2, 0.25) is 5.02 Å². The number of carbonyl (C=O) groups is 1. The van der Waals surface area contributed by atoms with E-state index in [9.17, 15) is 14.4 Å². The molecule has 0 atom stereocenters. The minimum Gasteiger partial charge on any atom is -0.478 e. The fourth-order valence-corrected chi connectivity index (χ4v) is 2.44. The van der Waals surface area contributed by atoms with Gasteiger partial charge in [-0.05, 0) is 56.3 Å². The summed E-state index contributed by atoms with van der Waals surface area (Å²) in [5.41, 5.74) is -1.31. The summed E-state index contributed by atoms with van der Waals surface area (Å²) < 4.78 is 5.74. The van der Waals surface area contributed by atoms with E-state index in [0.717, 1.165) is 0 Å². The summed E-state index contributed by atoms with van der Waals surface area (Å²) in [7, 11) is 0. The molecule has 0 radical (unpaired) electrons. The average Bonchev–Trinajstić information content (AvgIpc) is 2.58. The summed E-state index contributed by atoms with van der Waals surface area (Å²) in [6, 6.07) is 11.5. The first-order chi connectivity index (χ1) is 12.2. The maximum absolute atomic E-state index is 12.6. The Morgan fingerprint density at radius 3 is 2.27 bits per heavy atom. The van der Waals surface area contributed by atoms with E-state index in [-0.39, 0.29) is 5.91 Å². The van der Waals surface area contributed by atoms with Crippen molar-refractivity contribution in [2.24, 2.45) is 0 Å². The maximum Gasteiger partial charge on any atom is 0.314 e. The molecule has 1 amide bonds. The minimum atomic E-state index is -1.15. The number of aromatic amines is 2. The van der Waals surface area contributed by atoms with Crippen LogP contribution < -0.4 is 21.2 Å². The third-order valence-corrected chi connectivity index (χ3v) is 3.97. The summed E-state index contributed by atoms with van der Waals surface area (Å²) in [6.45, 7) is 3.27. The fourth-order valence-electron chi connectivity index (χ4n) is 2.32. The van der Waals surface area contributed by atoms with E-state index in [2.05, 4.69) is 15.3 Å². The summed E-state index contributed by atoms with van der Waals surface area (Å²) in [5.74, 6) is 0.133. The number of H-pyrrole nitrogens is 2. The van der Waals surface area contributed by atoms with Crippen molar-refractivity contribution in [1.29, 1.82) is 0 Å². The number of fused-ring (bicyclic) bond motifs is 1. The molecule has 0 fully saturated rings. The number of benzene rings is 2. The second-order valence-corrected chi connectivity index (χ2v) is 6.63. The largest absolute Gasteiger partial charge is 0.478 e. The molecule has 0 unspecified atom stereocenters. The van der Waals surface area contributed by atoms with Gasteiger partial charge in [-0.3, -0.25) is 14.4 Å². The van der Waals surface area contributed by atoms with E-state index in [0.29, 0.717) is 27.5 Å². The second-order valence-electron chi connectivity index (χ2n) is 6.19. The molecule has 3 aromatic rings. The highest BCUT2D eigenvalue weighted by Gasteiger charge is 2.30. The molecule has 2 aromatic carbocycles. The number of anilines is 1. The standard InChI is InChI=1S/C18H16ClN3O4/c1-18(2,26-12-6-3-10(19)4-7-12)17(25)20-11-5-8-13-14(9-11)22-16(24)15(23)21-13/h3-9H,1-2H3,(H,20,25)(H,21,23)(H,22,24). The topological polar surface area (TPSA) is 104 Å². The molecule has 0 spiro atoms. The number of aromatic nitrogens is 2. The molecule has 3 rings (SSSR count). The number of hydrogen-bond acceptors (Lipinski definition) is 4. The number of carbonyl (C=O) groups excluding carboxylic acids is 1. The van der Waals surface area contributed by atoms with Gasteiger partial charge in [0, 0.05) is 10.7 Å². The van der Waals surface area contributed by atoms with Gasteiger partial charge in [-0.2, -0.15) is 0 Å². The number of amides is 1. The van der Waals surface area contributed by atoms with Gasteiger partial charge in [-0.1, -0.05) is 11.6 Å². The lowest BCUT2D eigenvalue weighted by atomic mass is 10.1. The van der Waals surface area contributed by atoms with E-state index in [4.69, 9.17) is 16.3 Å². The first-order valence-corrected chi connectivity index (χ1v) is 8.15. The highest BCUT2D eigenvalue weighted by Crippen LogP contribution is 2.22. The van der Waals surface area contributed by atoms with Crippen molar-refractivity contribution >= 4 is 34.2 Å². The molecule has 26 heavy (non-hydrogen) atoms. The van der Waals surface area contributed by atoms with Crippen LogP contribution in [0.5, 0.6) is 5.75 Å². The first kappa shape index (κ1) is 17.8.